The van der Waals surface area contributed by atoms with Gasteiger partial charge in [-0.3, -0.25) is 9.59 Å². The fourth-order valence-corrected chi connectivity index (χ4v) is 0.248. The summed E-state index contributed by atoms with van der Waals surface area (Å²) in [5.41, 5.74) is 0. The third kappa shape index (κ3) is 2.16. The summed E-state index contributed by atoms with van der Waals surface area (Å²) in [6.45, 7) is 0. The zero-order chi connectivity index (χ0) is 8.31. The van der Waals surface area contributed by atoms with E-state index in [1.54, 1.807) is 0 Å². The van der Waals surface area contributed by atoms with Gasteiger partial charge in [0.1, 0.15) is 0 Å². The molecule has 0 aromatic heterocycles. The molecule has 2 unspecified atom stereocenters. The molecule has 10 heavy (non-hydrogen) atoms. The molecule has 0 amide bonds. The van der Waals surface area contributed by atoms with E-state index in [9.17, 15) is 18.4 Å². The summed E-state index contributed by atoms with van der Waals surface area (Å²) in [7, 11) is 0. The quantitative estimate of drug-likeness (QED) is 0.495. The van der Waals surface area contributed by atoms with Crippen molar-refractivity contribution in [1.29, 1.82) is 0 Å². The highest BCUT2D eigenvalue weighted by molar-refractivity contribution is 5.83. The molecule has 0 spiro atoms. The standard InChI is InChI=1S/C4H4F2O4/c5-3(9)1(7)2(8)4(6)10/h1-2,7-8H. The van der Waals surface area contributed by atoms with Crippen LogP contribution in [0.5, 0.6) is 0 Å². The molecule has 0 aliphatic heterocycles. The van der Waals surface area contributed by atoms with Gasteiger partial charge >= 0.3 is 12.1 Å². The molecule has 0 aromatic rings. The maximum Gasteiger partial charge on any atom is 0.332 e. The number of hydrogen-bond donors (Lipinski definition) is 2. The molecule has 0 bridgehead atoms. The van der Waals surface area contributed by atoms with Gasteiger partial charge in [0, 0.05) is 0 Å². The molecule has 0 aromatic carbocycles. The average Bonchev–Trinajstić information content (AvgIpc) is 1.84. The van der Waals surface area contributed by atoms with Crippen molar-refractivity contribution in [1.82, 2.24) is 0 Å². The van der Waals surface area contributed by atoms with Crippen molar-refractivity contribution < 1.29 is 28.6 Å². The number of aliphatic hydroxyl groups excluding tert-OH is 2. The maximum atomic E-state index is 11.3. The van der Waals surface area contributed by atoms with Gasteiger partial charge in [-0.1, -0.05) is 0 Å². The number of aliphatic hydroxyl groups is 2. The van der Waals surface area contributed by atoms with Crippen molar-refractivity contribution in [2.75, 3.05) is 0 Å². The van der Waals surface area contributed by atoms with Gasteiger partial charge in [0.05, 0.1) is 0 Å². The molecule has 0 radical (unpaired) electrons. The molecular weight excluding hydrogens is 150 g/mol. The van der Waals surface area contributed by atoms with Gasteiger partial charge in [-0.25, -0.2) is 0 Å². The average molecular weight is 154 g/mol. The van der Waals surface area contributed by atoms with Gasteiger partial charge in [-0.15, -0.1) is 0 Å². The van der Waals surface area contributed by atoms with Crippen LogP contribution < -0.4 is 0 Å². The van der Waals surface area contributed by atoms with Crippen molar-refractivity contribution in [3.8, 4) is 0 Å². The zero-order valence-electron chi connectivity index (χ0n) is 4.62. The Morgan fingerprint density at radius 1 is 1.00 bits per heavy atom. The lowest BCUT2D eigenvalue weighted by atomic mass is 10.2. The summed E-state index contributed by atoms with van der Waals surface area (Å²) in [5.74, 6) is 0. The van der Waals surface area contributed by atoms with Gasteiger partial charge < -0.3 is 10.2 Å². The first kappa shape index (κ1) is 9.12. The Kier molecular flexibility index (Phi) is 3.04. The number of carbonyl (C=O) groups excluding carboxylic acids is 2. The van der Waals surface area contributed by atoms with E-state index < -0.39 is 24.3 Å². The molecule has 2 atom stereocenters. The Morgan fingerprint density at radius 2 is 1.20 bits per heavy atom. The fourth-order valence-electron chi connectivity index (χ4n) is 0.248. The van der Waals surface area contributed by atoms with Crippen LogP contribution in [0.15, 0.2) is 0 Å². The summed E-state index contributed by atoms with van der Waals surface area (Å²) in [5, 5.41) is 16.3. The molecule has 4 nitrogen and oxygen atoms in total. The van der Waals surface area contributed by atoms with Crippen LogP contribution in [0, 0.1) is 0 Å². The molecule has 0 aliphatic rings. The van der Waals surface area contributed by atoms with E-state index in [4.69, 9.17) is 10.2 Å². The van der Waals surface area contributed by atoms with Crippen molar-refractivity contribution >= 4 is 12.1 Å². The minimum absolute atomic E-state index is 2.35. The summed E-state index contributed by atoms with van der Waals surface area (Å²) in [6.07, 6.45) is -5.23. The van der Waals surface area contributed by atoms with Gasteiger partial charge in [-0.05, 0) is 0 Å². The van der Waals surface area contributed by atoms with E-state index in [1.807, 2.05) is 0 Å². The van der Waals surface area contributed by atoms with E-state index in [0.29, 0.717) is 0 Å². The largest absolute Gasteiger partial charge is 0.379 e. The first-order valence-electron chi connectivity index (χ1n) is 2.21. The fraction of sp³-hybridized carbons (Fsp3) is 0.500. The Hall–Kier alpha value is -0.880. The molecular formula is C4H4F2O4. The topological polar surface area (TPSA) is 74.6 Å². The predicted octanol–water partition coefficient (Wildman–Crippen LogP) is -1.30. The van der Waals surface area contributed by atoms with E-state index in [1.165, 1.54) is 0 Å². The lowest BCUT2D eigenvalue weighted by Crippen LogP contribution is -2.36. The summed E-state index contributed by atoms with van der Waals surface area (Å²) in [6, 6.07) is -4.70. The second kappa shape index (κ2) is 3.33. The van der Waals surface area contributed by atoms with E-state index in [2.05, 4.69) is 0 Å². The number of halogens is 2. The van der Waals surface area contributed by atoms with Crippen LogP contribution in [-0.2, 0) is 9.59 Å². The maximum absolute atomic E-state index is 11.3. The van der Waals surface area contributed by atoms with E-state index in [0.717, 1.165) is 0 Å². The van der Waals surface area contributed by atoms with Crippen molar-refractivity contribution in [2.24, 2.45) is 0 Å². The summed E-state index contributed by atoms with van der Waals surface area (Å²) >= 11 is 0. The molecule has 0 aliphatic carbocycles. The number of hydrogen-bond acceptors (Lipinski definition) is 4. The lowest BCUT2D eigenvalue weighted by Gasteiger charge is -2.05. The minimum atomic E-state index is -2.61. The normalized spacial score (nSPS) is 16.0. The Bertz CT molecular complexity index is 139. The van der Waals surface area contributed by atoms with Gasteiger partial charge in [0.25, 0.3) is 0 Å². The van der Waals surface area contributed by atoms with Crippen LogP contribution in [0.1, 0.15) is 0 Å². The zero-order valence-corrected chi connectivity index (χ0v) is 4.62. The van der Waals surface area contributed by atoms with Gasteiger partial charge in [0.15, 0.2) is 12.2 Å². The number of carbonyl (C=O) groups is 2. The highest BCUT2D eigenvalue weighted by atomic mass is 19.1. The molecule has 6 heteroatoms. The van der Waals surface area contributed by atoms with Crippen LogP contribution in [0.3, 0.4) is 0 Å². The Balaban J connectivity index is 4.07. The SMILES string of the molecule is O=C(F)C(O)C(O)C(=O)F. The lowest BCUT2D eigenvalue weighted by molar-refractivity contribution is -0.156. The first-order chi connectivity index (χ1) is 4.46. The summed E-state index contributed by atoms with van der Waals surface area (Å²) < 4.78 is 22.7. The van der Waals surface area contributed by atoms with E-state index >= 15 is 0 Å². The minimum Gasteiger partial charge on any atom is -0.379 e. The Morgan fingerprint density at radius 3 is 1.30 bits per heavy atom. The molecule has 0 heterocycles. The number of rotatable bonds is 3. The molecule has 0 rings (SSSR count). The van der Waals surface area contributed by atoms with Crippen LogP contribution in [-0.4, -0.2) is 34.5 Å². The van der Waals surface area contributed by atoms with Gasteiger partial charge in [0.2, 0.25) is 0 Å². The third-order valence-corrected chi connectivity index (χ3v) is 0.764. The molecule has 0 fully saturated rings. The third-order valence-electron chi connectivity index (χ3n) is 0.764. The van der Waals surface area contributed by atoms with Crippen molar-refractivity contribution in [3.63, 3.8) is 0 Å². The van der Waals surface area contributed by atoms with Crippen LogP contribution in [0.4, 0.5) is 8.78 Å². The monoisotopic (exact) mass is 154 g/mol. The second-order valence-corrected chi connectivity index (χ2v) is 1.50. The van der Waals surface area contributed by atoms with Crippen molar-refractivity contribution in [2.45, 2.75) is 12.2 Å². The molecule has 0 saturated heterocycles. The van der Waals surface area contributed by atoms with Gasteiger partial charge in [-0.2, -0.15) is 8.78 Å². The summed E-state index contributed by atoms with van der Waals surface area (Å²) in [4.78, 5) is 19.0. The van der Waals surface area contributed by atoms with E-state index in [-0.39, 0.29) is 0 Å². The Labute approximate surface area is 54.1 Å². The molecule has 0 saturated carbocycles. The van der Waals surface area contributed by atoms with Crippen LogP contribution in [0.25, 0.3) is 0 Å². The molecule has 58 valence electrons. The van der Waals surface area contributed by atoms with Crippen molar-refractivity contribution in [3.05, 3.63) is 0 Å². The van der Waals surface area contributed by atoms with Crippen LogP contribution in [0.2, 0.25) is 0 Å². The highest BCUT2D eigenvalue weighted by Crippen LogP contribution is 1.97. The molecule has 2 N–H and O–H groups in total. The van der Waals surface area contributed by atoms with Crippen LogP contribution >= 0.6 is 0 Å². The first-order valence-corrected chi connectivity index (χ1v) is 2.21. The second-order valence-electron chi connectivity index (χ2n) is 1.50. The smallest absolute Gasteiger partial charge is 0.332 e. The highest BCUT2D eigenvalue weighted by Gasteiger charge is 2.30. The predicted molar refractivity (Wildman–Crippen MR) is 24.2 cm³/mol.